The predicted octanol–water partition coefficient (Wildman–Crippen LogP) is 3.82. The molecule has 0 saturated carbocycles. The highest BCUT2D eigenvalue weighted by molar-refractivity contribution is 5.39. The molecule has 2 atom stereocenters. The second kappa shape index (κ2) is 5.27. The smallest absolute Gasteiger partial charge is 0.125 e. The molecular weight excluding hydrogens is 229 g/mol. The molecule has 0 saturated heterocycles. The van der Waals surface area contributed by atoms with Crippen molar-refractivity contribution in [3.05, 3.63) is 29.6 Å². The highest BCUT2D eigenvalue weighted by Crippen LogP contribution is 2.41. The summed E-state index contributed by atoms with van der Waals surface area (Å²) in [5, 5.41) is 3.43. The van der Waals surface area contributed by atoms with Gasteiger partial charge in [0, 0.05) is 18.0 Å². The van der Waals surface area contributed by atoms with Crippen LogP contribution < -0.4 is 10.1 Å². The summed E-state index contributed by atoms with van der Waals surface area (Å²) in [6.07, 6.45) is 3.00. The number of rotatable bonds is 4. The number of nitrogens with one attached hydrogen (secondary N) is 1. The van der Waals surface area contributed by atoms with Crippen molar-refractivity contribution >= 4 is 0 Å². The first-order chi connectivity index (χ1) is 8.58. The van der Waals surface area contributed by atoms with E-state index >= 15 is 0 Å². The third-order valence-corrected chi connectivity index (χ3v) is 3.57. The van der Waals surface area contributed by atoms with E-state index in [2.05, 4.69) is 26.1 Å². The van der Waals surface area contributed by atoms with Crippen molar-refractivity contribution in [1.29, 1.82) is 0 Å². The van der Waals surface area contributed by atoms with E-state index in [4.69, 9.17) is 4.74 Å². The number of benzene rings is 1. The van der Waals surface area contributed by atoms with Crippen LogP contribution in [0, 0.1) is 5.82 Å². The second-order valence-corrected chi connectivity index (χ2v) is 5.30. The monoisotopic (exact) mass is 251 g/mol. The van der Waals surface area contributed by atoms with E-state index in [0.29, 0.717) is 0 Å². The lowest BCUT2D eigenvalue weighted by Gasteiger charge is -2.40. The third kappa shape index (κ3) is 2.66. The molecule has 0 aromatic heterocycles. The van der Waals surface area contributed by atoms with E-state index in [0.717, 1.165) is 37.1 Å². The Morgan fingerprint density at radius 2 is 2.22 bits per heavy atom. The van der Waals surface area contributed by atoms with E-state index in [1.807, 2.05) is 0 Å². The van der Waals surface area contributed by atoms with Gasteiger partial charge in [-0.25, -0.2) is 4.39 Å². The summed E-state index contributed by atoms with van der Waals surface area (Å²) in [5.74, 6) is 0.629. The van der Waals surface area contributed by atoms with E-state index in [1.165, 1.54) is 6.07 Å². The van der Waals surface area contributed by atoms with Crippen LogP contribution >= 0.6 is 0 Å². The summed E-state index contributed by atoms with van der Waals surface area (Å²) in [5.41, 5.74) is 0.803. The van der Waals surface area contributed by atoms with Crippen LogP contribution in [-0.4, -0.2) is 12.1 Å². The molecule has 0 aliphatic carbocycles. The fraction of sp³-hybridized carbons (Fsp3) is 0.600. The number of fused-ring (bicyclic) bond motifs is 1. The molecule has 1 aliphatic heterocycles. The van der Waals surface area contributed by atoms with Crippen LogP contribution in [0.3, 0.4) is 0 Å². The van der Waals surface area contributed by atoms with Crippen molar-refractivity contribution in [2.75, 3.05) is 6.54 Å². The van der Waals surface area contributed by atoms with Crippen LogP contribution in [0.5, 0.6) is 5.75 Å². The average molecular weight is 251 g/mol. The van der Waals surface area contributed by atoms with E-state index in [9.17, 15) is 4.39 Å². The van der Waals surface area contributed by atoms with Crippen molar-refractivity contribution in [3.8, 4) is 5.75 Å². The van der Waals surface area contributed by atoms with Crippen molar-refractivity contribution < 1.29 is 9.13 Å². The van der Waals surface area contributed by atoms with Crippen LogP contribution in [0.2, 0.25) is 0 Å². The zero-order chi connectivity index (χ0) is 13.2. The number of hydrogen-bond donors (Lipinski definition) is 1. The minimum absolute atomic E-state index is 0.146. The molecule has 0 amide bonds. The van der Waals surface area contributed by atoms with E-state index in [1.54, 1.807) is 12.1 Å². The molecule has 1 heterocycles. The van der Waals surface area contributed by atoms with Gasteiger partial charge in [0.15, 0.2) is 0 Å². The molecule has 2 unspecified atom stereocenters. The summed E-state index contributed by atoms with van der Waals surface area (Å²) < 4.78 is 19.5. The Labute approximate surface area is 109 Å². The molecule has 18 heavy (non-hydrogen) atoms. The first-order valence-electron chi connectivity index (χ1n) is 6.80. The standard InChI is InChI=1S/C15H22FNO/c1-4-8-15(3)10-13(17-5-2)12-9-11(16)6-7-14(12)18-15/h6-7,9,13,17H,4-5,8,10H2,1-3H3. The molecule has 1 aromatic rings. The Balaban J connectivity index is 2.33. The van der Waals surface area contributed by atoms with Crippen LogP contribution in [0.4, 0.5) is 4.39 Å². The van der Waals surface area contributed by atoms with Crippen molar-refractivity contribution in [2.24, 2.45) is 0 Å². The molecule has 1 aliphatic rings. The Bertz CT molecular complexity index is 421. The van der Waals surface area contributed by atoms with Crippen LogP contribution in [0.15, 0.2) is 18.2 Å². The summed E-state index contributed by atoms with van der Waals surface area (Å²) in [6, 6.07) is 5.00. The SMILES string of the molecule is CCCC1(C)CC(NCC)c2cc(F)ccc2O1. The van der Waals surface area contributed by atoms with Crippen molar-refractivity contribution in [2.45, 2.75) is 51.7 Å². The zero-order valence-electron chi connectivity index (χ0n) is 11.4. The number of hydrogen-bond acceptors (Lipinski definition) is 2. The molecule has 1 aromatic carbocycles. The molecule has 3 heteroatoms. The summed E-state index contributed by atoms with van der Waals surface area (Å²) in [7, 11) is 0. The van der Waals surface area contributed by atoms with Gasteiger partial charge in [-0.1, -0.05) is 20.3 Å². The van der Waals surface area contributed by atoms with E-state index < -0.39 is 0 Å². The van der Waals surface area contributed by atoms with Crippen molar-refractivity contribution in [1.82, 2.24) is 5.32 Å². The maximum Gasteiger partial charge on any atom is 0.125 e. The minimum atomic E-state index is -0.195. The van der Waals surface area contributed by atoms with Gasteiger partial charge < -0.3 is 10.1 Å². The van der Waals surface area contributed by atoms with Gasteiger partial charge in [0.25, 0.3) is 0 Å². The van der Waals surface area contributed by atoms with Gasteiger partial charge in [-0.15, -0.1) is 0 Å². The molecule has 0 fully saturated rings. The summed E-state index contributed by atoms with van der Waals surface area (Å²) in [4.78, 5) is 0. The average Bonchev–Trinajstić information content (AvgIpc) is 2.30. The molecule has 2 nitrogen and oxygen atoms in total. The first-order valence-corrected chi connectivity index (χ1v) is 6.80. The Morgan fingerprint density at radius 1 is 1.44 bits per heavy atom. The maximum absolute atomic E-state index is 13.4. The molecule has 1 N–H and O–H groups in total. The fourth-order valence-corrected chi connectivity index (χ4v) is 2.84. The molecule has 2 rings (SSSR count). The normalized spacial score (nSPS) is 26.6. The van der Waals surface area contributed by atoms with Crippen LogP contribution in [-0.2, 0) is 0 Å². The van der Waals surface area contributed by atoms with Gasteiger partial charge in [0.2, 0.25) is 0 Å². The number of halogens is 1. The fourth-order valence-electron chi connectivity index (χ4n) is 2.84. The molecular formula is C15H22FNO. The van der Waals surface area contributed by atoms with Gasteiger partial charge in [0.1, 0.15) is 17.2 Å². The predicted molar refractivity (Wildman–Crippen MR) is 71.4 cm³/mol. The Morgan fingerprint density at radius 3 is 2.89 bits per heavy atom. The topological polar surface area (TPSA) is 21.3 Å². The summed E-state index contributed by atoms with van der Waals surface area (Å²) >= 11 is 0. The molecule has 0 spiro atoms. The Kier molecular flexibility index (Phi) is 3.91. The highest BCUT2D eigenvalue weighted by atomic mass is 19.1. The maximum atomic E-state index is 13.4. The third-order valence-electron chi connectivity index (χ3n) is 3.57. The van der Waals surface area contributed by atoms with Crippen LogP contribution in [0.25, 0.3) is 0 Å². The van der Waals surface area contributed by atoms with Crippen molar-refractivity contribution in [3.63, 3.8) is 0 Å². The lowest BCUT2D eigenvalue weighted by atomic mass is 9.85. The first kappa shape index (κ1) is 13.3. The van der Waals surface area contributed by atoms with Gasteiger partial charge in [-0.2, -0.15) is 0 Å². The van der Waals surface area contributed by atoms with Gasteiger partial charge in [-0.3, -0.25) is 0 Å². The molecule has 0 radical (unpaired) electrons. The minimum Gasteiger partial charge on any atom is -0.487 e. The second-order valence-electron chi connectivity index (χ2n) is 5.30. The molecule has 100 valence electrons. The lowest BCUT2D eigenvalue weighted by molar-refractivity contribution is 0.0391. The van der Waals surface area contributed by atoms with Gasteiger partial charge in [-0.05, 0) is 38.1 Å². The largest absolute Gasteiger partial charge is 0.487 e. The summed E-state index contributed by atoms with van der Waals surface area (Å²) in [6.45, 7) is 7.26. The zero-order valence-corrected chi connectivity index (χ0v) is 11.4. The van der Waals surface area contributed by atoms with Gasteiger partial charge >= 0.3 is 0 Å². The van der Waals surface area contributed by atoms with E-state index in [-0.39, 0.29) is 17.5 Å². The lowest BCUT2D eigenvalue weighted by Crippen LogP contribution is -2.41. The molecule has 0 bridgehead atoms. The van der Waals surface area contributed by atoms with Gasteiger partial charge in [0.05, 0.1) is 0 Å². The highest BCUT2D eigenvalue weighted by Gasteiger charge is 2.36. The van der Waals surface area contributed by atoms with Crippen LogP contribution in [0.1, 0.15) is 51.6 Å². The quantitative estimate of drug-likeness (QED) is 0.878. The number of ether oxygens (including phenoxy) is 1. The Hall–Kier alpha value is -1.09.